The summed E-state index contributed by atoms with van der Waals surface area (Å²) in [6.45, 7) is 0. The maximum Gasteiger partial charge on any atom is 0.416 e. The summed E-state index contributed by atoms with van der Waals surface area (Å²) in [7, 11) is -3.86. The summed E-state index contributed by atoms with van der Waals surface area (Å²) in [6.07, 6.45) is -2.04. The summed E-state index contributed by atoms with van der Waals surface area (Å²) in [6, 6.07) is 17.2. The number of alkyl halides is 3. The molecule has 1 aliphatic carbocycles. The predicted molar refractivity (Wildman–Crippen MR) is 140 cm³/mol. The molecule has 204 valence electrons. The van der Waals surface area contributed by atoms with Crippen molar-refractivity contribution in [1.29, 1.82) is 0 Å². The number of H-pyrrole nitrogens is 1. The van der Waals surface area contributed by atoms with Gasteiger partial charge in [0.1, 0.15) is 11.6 Å². The molecule has 0 spiro atoms. The van der Waals surface area contributed by atoms with Crippen LogP contribution in [0.25, 0.3) is 11.3 Å². The van der Waals surface area contributed by atoms with Crippen molar-refractivity contribution in [1.82, 2.24) is 15.2 Å². The highest BCUT2D eigenvalue weighted by molar-refractivity contribution is 7.91. The number of aromatic amines is 1. The molecule has 0 atom stereocenters. The number of pyridine rings is 1. The number of nitrogens with one attached hydrogen (secondary N) is 3. The van der Waals surface area contributed by atoms with E-state index in [9.17, 15) is 26.7 Å². The van der Waals surface area contributed by atoms with Gasteiger partial charge in [-0.15, -0.1) is 0 Å². The van der Waals surface area contributed by atoms with Crippen LogP contribution in [0.4, 0.5) is 30.6 Å². The number of halogens is 3. The Labute approximate surface area is 223 Å². The van der Waals surface area contributed by atoms with Crippen LogP contribution < -0.4 is 10.6 Å². The van der Waals surface area contributed by atoms with Gasteiger partial charge >= 0.3 is 6.18 Å². The van der Waals surface area contributed by atoms with Gasteiger partial charge in [-0.2, -0.15) is 18.3 Å². The third-order valence-electron chi connectivity index (χ3n) is 6.57. The van der Waals surface area contributed by atoms with Crippen molar-refractivity contribution >= 4 is 27.3 Å². The molecule has 4 aromatic rings. The minimum Gasteiger partial charge on any atom is -0.393 e. The van der Waals surface area contributed by atoms with Crippen LogP contribution in [-0.4, -0.2) is 40.9 Å². The minimum absolute atomic E-state index is 0.0279. The number of nitrogens with zero attached hydrogens (tertiary/aromatic N) is 2. The Bertz CT molecular complexity index is 1530. The van der Waals surface area contributed by atoms with E-state index in [0.29, 0.717) is 35.7 Å². The Hall–Kier alpha value is -3.90. The molecule has 5 rings (SSSR count). The Morgan fingerprint density at radius 3 is 2.18 bits per heavy atom. The molecule has 0 radical (unpaired) electrons. The average Bonchev–Trinajstić information content (AvgIpc) is 3.38. The molecule has 2 heterocycles. The molecule has 0 saturated heterocycles. The monoisotopic (exact) mass is 557 g/mol. The number of hydrogen-bond donors (Lipinski definition) is 4. The van der Waals surface area contributed by atoms with Gasteiger partial charge in [0.2, 0.25) is 9.84 Å². The standard InChI is InChI=1S/C27H26F3N5O3S/c28-27(29,30)18-8-6-17(7-9-18)23-16-26(35-34-23)33-25-15-22(39(37,38)21-4-2-1-3-5-21)14-24(32-25)31-19-10-12-20(36)13-11-19/h1-9,14-16,19-20,36H,10-13H2,(H3,31,32,33,34,35)/t19-,20-. The zero-order chi connectivity index (χ0) is 27.6. The zero-order valence-electron chi connectivity index (χ0n) is 20.6. The van der Waals surface area contributed by atoms with E-state index in [-0.39, 0.29) is 27.8 Å². The quantitative estimate of drug-likeness (QED) is 0.227. The Kier molecular flexibility index (Phi) is 7.32. The largest absolute Gasteiger partial charge is 0.416 e. The molecule has 0 unspecified atom stereocenters. The van der Waals surface area contributed by atoms with E-state index in [1.807, 2.05) is 0 Å². The third kappa shape index (κ3) is 6.23. The minimum atomic E-state index is -4.43. The lowest BCUT2D eigenvalue weighted by Gasteiger charge is -2.26. The van der Waals surface area contributed by atoms with Gasteiger partial charge in [-0.05, 0) is 61.6 Å². The van der Waals surface area contributed by atoms with Gasteiger partial charge in [0.25, 0.3) is 0 Å². The molecule has 2 aromatic carbocycles. The molecule has 1 fully saturated rings. The molecule has 4 N–H and O–H groups in total. The lowest BCUT2D eigenvalue weighted by molar-refractivity contribution is -0.137. The molecule has 1 saturated carbocycles. The fourth-order valence-electron chi connectivity index (χ4n) is 4.47. The van der Waals surface area contributed by atoms with Gasteiger partial charge in [-0.1, -0.05) is 30.3 Å². The van der Waals surface area contributed by atoms with Crippen molar-refractivity contribution < 1.29 is 26.7 Å². The third-order valence-corrected chi connectivity index (χ3v) is 8.32. The first-order chi connectivity index (χ1) is 18.6. The van der Waals surface area contributed by atoms with E-state index in [1.54, 1.807) is 24.3 Å². The van der Waals surface area contributed by atoms with Gasteiger partial charge in [0.15, 0.2) is 5.82 Å². The smallest absolute Gasteiger partial charge is 0.393 e. The van der Waals surface area contributed by atoms with Crippen LogP contribution in [0.3, 0.4) is 0 Å². The SMILES string of the molecule is O=S(=O)(c1ccccc1)c1cc(Nc2cc(-c3ccc(C(F)(F)F)cc3)[nH]n2)nc(N[C@H]2CC[C@H](O)CC2)c1. The van der Waals surface area contributed by atoms with Crippen LogP contribution >= 0.6 is 0 Å². The number of aliphatic hydroxyl groups is 1. The van der Waals surface area contributed by atoms with Gasteiger partial charge < -0.3 is 15.7 Å². The van der Waals surface area contributed by atoms with Crippen LogP contribution in [0.1, 0.15) is 31.2 Å². The van der Waals surface area contributed by atoms with E-state index < -0.39 is 21.6 Å². The summed E-state index contributed by atoms with van der Waals surface area (Å²) in [5.41, 5.74) is 0.217. The maximum absolute atomic E-state index is 13.4. The van der Waals surface area contributed by atoms with Gasteiger partial charge in [-0.3, -0.25) is 5.10 Å². The molecule has 1 aliphatic rings. The zero-order valence-corrected chi connectivity index (χ0v) is 21.4. The van der Waals surface area contributed by atoms with Crippen molar-refractivity contribution in [3.63, 3.8) is 0 Å². The van der Waals surface area contributed by atoms with Crippen LogP contribution in [0.15, 0.2) is 82.6 Å². The first-order valence-corrected chi connectivity index (χ1v) is 13.8. The van der Waals surface area contributed by atoms with Crippen molar-refractivity contribution in [2.45, 2.75) is 53.8 Å². The first kappa shape index (κ1) is 26.7. The number of benzene rings is 2. The second-order valence-electron chi connectivity index (χ2n) is 9.41. The lowest BCUT2D eigenvalue weighted by Crippen LogP contribution is -2.28. The molecule has 8 nitrogen and oxygen atoms in total. The van der Waals surface area contributed by atoms with Gasteiger partial charge in [-0.25, -0.2) is 13.4 Å². The Morgan fingerprint density at radius 1 is 0.846 bits per heavy atom. The number of anilines is 3. The van der Waals surface area contributed by atoms with Gasteiger partial charge in [0, 0.05) is 18.2 Å². The Morgan fingerprint density at radius 2 is 1.51 bits per heavy atom. The number of sulfone groups is 1. The van der Waals surface area contributed by atoms with E-state index >= 15 is 0 Å². The molecule has 12 heteroatoms. The predicted octanol–water partition coefficient (Wildman–Crippen LogP) is 5.78. The molecule has 0 bridgehead atoms. The molecule has 2 aromatic heterocycles. The summed E-state index contributed by atoms with van der Waals surface area (Å²) >= 11 is 0. The molecular weight excluding hydrogens is 531 g/mol. The summed E-state index contributed by atoms with van der Waals surface area (Å²) in [5.74, 6) is 0.878. The van der Waals surface area contributed by atoms with Crippen molar-refractivity contribution in [2.75, 3.05) is 10.6 Å². The van der Waals surface area contributed by atoms with Gasteiger partial charge in [0.05, 0.1) is 27.2 Å². The normalized spacial score (nSPS) is 18.1. The van der Waals surface area contributed by atoms with Crippen LogP contribution in [0.2, 0.25) is 0 Å². The number of aromatic nitrogens is 3. The number of rotatable bonds is 7. The fraction of sp³-hybridized carbons (Fsp3) is 0.259. The second kappa shape index (κ2) is 10.7. The number of hydrogen-bond acceptors (Lipinski definition) is 7. The van der Waals surface area contributed by atoms with E-state index in [4.69, 9.17) is 0 Å². The molecule has 0 amide bonds. The van der Waals surface area contributed by atoms with E-state index in [0.717, 1.165) is 25.0 Å². The van der Waals surface area contributed by atoms with Crippen LogP contribution in [0.5, 0.6) is 0 Å². The molecule has 0 aliphatic heterocycles. The fourth-order valence-corrected chi connectivity index (χ4v) is 5.79. The highest BCUT2D eigenvalue weighted by Crippen LogP contribution is 2.32. The van der Waals surface area contributed by atoms with E-state index in [2.05, 4.69) is 25.8 Å². The number of aliphatic hydroxyl groups excluding tert-OH is 1. The summed E-state index contributed by atoms with van der Waals surface area (Å²) < 4.78 is 65.5. The Balaban J connectivity index is 1.43. The highest BCUT2D eigenvalue weighted by Gasteiger charge is 2.30. The van der Waals surface area contributed by atoms with Crippen molar-refractivity contribution in [2.24, 2.45) is 0 Å². The topological polar surface area (TPSA) is 120 Å². The summed E-state index contributed by atoms with van der Waals surface area (Å²) in [4.78, 5) is 4.71. The summed E-state index contributed by atoms with van der Waals surface area (Å²) in [5, 5.41) is 23.1. The van der Waals surface area contributed by atoms with E-state index in [1.165, 1.54) is 36.4 Å². The molecule has 39 heavy (non-hydrogen) atoms. The van der Waals surface area contributed by atoms with Crippen LogP contribution in [-0.2, 0) is 16.0 Å². The van der Waals surface area contributed by atoms with Crippen molar-refractivity contribution in [3.8, 4) is 11.3 Å². The maximum atomic E-state index is 13.4. The van der Waals surface area contributed by atoms with Crippen molar-refractivity contribution in [3.05, 3.63) is 78.4 Å². The molecular formula is C27H26F3N5O3S. The lowest BCUT2D eigenvalue weighted by atomic mass is 9.93. The van der Waals surface area contributed by atoms with Crippen LogP contribution in [0, 0.1) is 0 Å². The second-order valence-corrected chi connectivity index (χ2v) is 11.4. The first-order valence-electron chi connectivity index (χ1n) is 12.3. The average molecular weight is 558 g/mol. The highest BCUT2D eigenvalue weighted by atomic mass is 32.2.